The summed E-state index contributed by atoms with van der Waals surface area (Å²) in [6, 6.07) is 72.0. The van der Waals surface area contributed by atoms with Crippen molar-refractivity contribution in [1.82, 2.24) is 0 Å². The average molecular weight is 809 g/mol. The van der Waals surface area contributed by atoms with E-state index in [-0.39, 0.29) is 12.1 Å². The molecular formula is C59H45BN2O. The van der Waals surface area contributed by atoms with Crippen molar-refractivity contribution in [2.45, 2.75) is 37.0 Å². The van der Waals surface area contributed by atoms with Crippen LogP contribution in [0.4, 0.5) is 34.1 Å². The lowest BCUT2D eigenvalue weighted by Gasteiger charge is -2.60. The Morgan fingerprint density at radius 2 is 1.16 bits per heavy atom. The minimum Gasteiger partial charge on any atom is -0.458 e. The quantitative estimate of drug-likeness (QED) is 0.118. The third-order valence-electron chi connectivity index (χ3n) is 15.9. The van der Waals surface area contributed by atoms with Crippen molar-refractivity contribution in [1.29, 1.82) is 0 Å². The van der Waals surface area contributed by atoms with Gasteiger partial charge in [0.1, 0.15) is 11.5 Å². The third-order valence-corrected chi connectivity index (χ3v) is 15.9. The Balaban J connectivity index is 1.04. The van der Waals surface area contributed by atoms with Crippen LogP contribution in [0.15, 0.2) is 206 Å². The van der Waals surface area contributed by atoms with Crippen LogP contribution in [0.25, 0.3) is 0 Å². The van der Waals surface area contributed by atoms with Gasteiger partial charge in [-0.15, -0.1) is 0 Å². The summed E-state index contributed by atoms with van der Waals surface area (Å²) >= 11 is 0. The molecule has 0 aromatic heterocycles. The van der Waals surface area contributed by atoms with Gasteiger partial charge in [-0.3, -0.25) is 0 Å². The van der Waals surface area contributed by atoms with Crippen LogP contribution in [0.5, 0.6) is 11.5 Å². The summed E-state index contributed by atoms with van der Waals surface area (Å²) in [5, 5.41) is 0. The van der Waals surface area contributed by atoms with Crippen molar-refractivity contribution in [3.63, 3.8) is 0 Å². The number of nitrogens with zero attached hydrogens (tertiary/aromatic N) is 2. The summed E-state index contributed by atoms with van der Waals surface area (Å²) in [5.41, 5.74) is 18.3. The maximum absolute atomic E-state index is 7.35. The molecule has 0 saturated heterocycles. The first-order chi connectivity index (χ1) is 31.1. The van der Waals surface area contributed by atoms with E-state index in [0.29, 0.717) is 0 Å². The molecule has 63 heavy (non-hydrogen) atoms. The standard InChI is InChI=1S/C59H45BN2O/c1-58(36-39-32-38-33-40(37-58)54(38)39)41-28-30-46(31-29-41)62-50-26-14-24-48-55(50)60-56-49(59(48,42-16-6-2-7-17-42)43-18-8-3-9-19-43)25-15-27-52(56)63-53-35-47(34-51(62)57(53)60)61(44-20-10-4-11-21-44)45-22-12-5-13-23-45/h2-31,34-36,38,40,54H,32-33,37H2,1H3. The van der Waals surface area contributed by atoms with Gasteiger partial charge in [0.15, 0.2) is 0 Å². The van der Waals surface area contributed by atoms with E-state index in [4.69, 9.17) is 4.74 Å². The smallest absolute Gasteiger partial charge is 0.257 e. The molecule has 8 aromatic carbocycles. The number of hydrogen-bond acceptors (Lipinski definition) is 3. The van der Waals surface area contributed by atoms with E-state index in [2.05, 4.69) is 217 Å². The molecular weight excluding hydrogens is 763 g/mol. The first-order valence-corrected chi connectivity index (χ1v) is 22.8. The molecule has 6 aliphatic rings. The number of rotatable bonds is 7. The summed E-state index contributed by atoms with van der Waals surface area (Å²) < 4.78 is 7.35. The Hall–Kier alpha value is -7.04. The minimum absolute atomic E-state index is 0.0253. The van der Waals surface area contributed by atoms with E-state index in [1.807, 2.05) is 0 Å². The molecule has 0 N–H and O–H groups in total. The second-order valence-corrected chi connectivity index (χ2v) is 19.1. The molecule has 0 bridgehead atoms. The Morgan fingerprint density at radius 1 is 0.540 bits per heavy atom. The second-order valence-electron chi connectivity index (χ2n) is 19.1. The van der Waals surface area contributed by atoms with E-state index >= 15 is 0 Å². The molecule has 0 spiro atoms. The SMILES string of the molecule is CC1(c2ccc(N3c4cc(N(c5ccccc5)c5ccccc5)cc5c4B4c6c(cccc6C(c6ccccc6)(c6ccccc6)c6cccc3c64)O5)cc2)C=C2CC3CC(C1)C23. The number of hydrogen-bond donors (Lipinski definition) is 0. The molecule has 4 unspecified atom stereocenters. The van der Waals surface area contributed by atoms with Gasteiger partial charge in [0.25, 0.3) is 6.71 Å². The van der Waals surface area contributed by atoms with Gasteiger partial charge in [-0.2, -0.15) is 0 Å². The van der Waals surface area contributed by atoms with Crippen molar-refractivity contribution in [3.8, 4) is 11.5 Å². The molecule has 3 nitrogen and oxygen atoms in total. The van der Waals surface area contributed by atoms with Crippen LogP contribution in [0.1, 0.15) is 54.0 Å². The first-order valence-electron chi connectivity index (χ1n) is 22.8. The largest absolute Gasteiger partial charge is 0.458 e. The van der Waals surface area contributed by atoms with Crippen LogP contribution in [0, 0.1) is 17.8 Å². The summed E-state index contributed by atoms with van der Waals surface area (Å²) in [4.78, 5) is 4.92. The normalized spacial score (nSPS) is 22.0. The monoisotopic (exact) mass is 808 g/mol. The Morgan fingerprint density at radius 3 is 1.79 bits per heavy atom. The van der Waals surface area contributed by atoms with E-state index < -0.39 is 5.41 Å². The van der Waals surface area contributed by atoms with Gasteiger partial charge in [0.2, 0.25) is 0 Å². The maximum Gasteiger partial charge on any atom is 0.257 e. The van der Waals surface area contributed by atoms with E-state index in [1.165, 1.54) is 69.2 Å². The fourth-order valence-electron chi connectivity index (χ4n) is 13.3. The fraction of sp³-hybridized carbons (Fsp3) is 0.153. The zero-order valence-corrected chi connectivity index (χ0v) is 35.3. The summed E-state index contributed by atoms with van der Waals surface area (Å²) in [5.74, 6) is 4.51. The zero-order valence-electron chi connectivity index (χ0n) is 35.3. The van der Waals surface area contributed by atoms with Crippen molar-refractivity contribution in [2.75, 3.05) is 9.80 Å². The Kier molecular flexibility index (Phi) is 7.34. The highest BCUT2D eigenvalue weighted by Gasteiger charge is 2.56. The van der Waals surface area contributed by atoms with Crippen molar-refractivity contribution >= 4 is 57.2 Å². The molecule has 2 saturated carbocycles. The summed E-state index contributed by atoms with van der Waals surface area (Å²) in [6.45, 7) is 2.46. The second kappa shape index (κ2) is 13.0. The highest BCUT2D eigenvalue weighted by atomic mass is 16.5. The highest BCUT2D eigenvalue weighted by molar-refractivity contribution is 7.00. The maximum atomic E-state index is 7.35. The topological polar surface area (TPSA) is 15.7 Å². The lowest BCUT2D eigenvalue weighted by Crippen LogP contribution is -2.66. The molecule has 0 radical (unpaired) electrons. The zero-order chi connectivity index (χ0) is 41.4. The number of para-hydroxylation sites is 2. The van der Waals surface area contributed by atoms with Gasteiger partial charge >= 0.3 is 0 Å². The lowest BCUT2D eigenvalue weighted by atomic mass is 9.28. The Bertz CT molecular complexity index is 3090. The van der Waals surface area contributed by atoms with E-state index in [9.17, 15) is 0 Å². The van der Waals surface area contributed by atoms with Crippen molar-refractivity contribution in [2.24, 2.45) is 17.8 Å². The average Bonchev–Trinajstić information content (AvgIpc) is 3.32. The number of anilines is 6. The van der Waals surface area contributed by atoms with Gasteiger partial charge in [-0.1, -0.05) is 152 Å². The molecule has 4 atom stereocenters. The molecule has 3 heterocycles. The lowest BCUT2D eigenvalue weighted by molar-refractivity contribution is 0.00736. The number of allylic oxidation sites excluding steroid dienone is 2. The van der Waals surface area contributed by atoms with Crippen molar-refractivity contribution < 1.29 is 4.74 Å². The highest BCUT2D eigenvalue weighted by Crippen LogP contribution is 2.64. The molecule has 0 amide bonds. The van der Waals surface area contributed by atoms with Crippen LogP contribution in [-0.4, -0.2) is 6.71 Å². The molecule has 2 fully saturated rings. The van der Waals surface area contributed by atoms with Gasteiger partial charge < -0.3 is 14.5 Å². The summed E-state index contributed by atoms with van der Waals surface area (Å²) in [7, 11) is 0. The van der Waals surface area contributed by atoms with E-state index in [0.717, 1.165) is 57.7 Å². The molecule has 3 aliphatic carbocycles. The predicted molar refractivity (Wildman–Crippen MR) is 259 cm³/mol. The predicted octanol–water partition coefficient (Wildman–Crippen LogP) is 12.5. The van der Waals surface area contributed by atoms with Crippen molar-refractivity contribution in [3.05, 3.63) is 234 Å². The van der Waals surface area contributed by atoms with Crippen LogP contribution in [0.2, 0.25) is 0 Å². The molecule has 3 aliphatic heterocycles. The van der Waals surface area contributed by atoms with Crippen LogP contribution < -0.4 is 30.9 Å². The molecule has 8 aromatic rings. The fourth-order valence-corrected chi connectivity index (χ4v) is 13.3. The van der Waals surface area contributed by atoms with Gasteiger partial charge in [-0.25, -0.2) is 0 Å². The van der Waals surface area contributed by atoms with Crippen LogP contribution >= 0.6 is 0 Å². The number of ether oxygens (including phenoxy) is 1. The van der Waals surface area contributed by atoms with Crippen LogP contribution in [-0.2, 0) is 10.8 Å². The summed E-state index contributed by atoms with van der Waals surface area (Å²) in [6.07, 6.45) is 6.62. The van der Waals surface area contributed by atoms with Gasteiger partial charge in [0, 0.05) is 39.9 Å². The molecule has 4 heteroatoms. The third kappa shape index (κ3) is 4.81. The number of benzene rings is 8. The Labute approximate surface area is 370 Å². The first kappa shape index (κ1) is 35.5. The van der Waals surface area contributed by atoms with Gasteiger partial charge in [0.05, 0.1) is 11.1 Å². The van der Waals surface area contributed by atoms with Crippen LogP contribution in [0.3, 0.4) is 0 Å². The molecule has 14 rings (SSSR count). The van der Waals surface area contributed by atoms with E-state index in [1.54, 1.807) is 5.57 Å². The minimum atomic E-state index is -0.579. The molecule has 300 valence electrons. The van der Waals surface area contributed by atoms with Gasteiger partial charge in [-0.05, 0) is 136 Å².